The number of rotatable bonds is 4. The molecule has 1 aliphatic carbocycles. The Morgan fingerprint density at radius 2 is 2.00 bits per heavy atom. The molecule has 0 radical (unpaired) electrons. The third-order valence-corrected chi connectivity index (χ3v) is 4.63. The second-order valence-corrected chi connectivity index (χ2v) is 6.20. The second kappa shape index (κ2) is 6.57. The van der Waals surface area contributed by atoms with E-state index in [1.165, 1.54) is 5.56 Å². The van der Waals surface area contributed by atoms with E-state index in [-0.39, 0.29) is 6.03 Å². The maximum Gasteiger partial charge on any atom is 0.317 e. The molecule has 1 saturated heterocycles. The third-order valence-electron chi connectivity index (χ3n) is 4.63. The quantitative estimate of drug-likeness (QED) is 0.928. The Kier molecular flexibility index (Phi) is 4.52. The summed E-state index contributed by atoms with van der Waals surface area (Å²) >= 11 is 0. The molecule has 1 atom stereocenters. The number of nitrogens with zero attached hydrogens (tertiary/aromatic N) is 2. The second-order valence-electron chi connectivity index (χ2n) is 6.20. The average molecular weight is 303 g/mol. The summed E-state index contributed by atoms with van der Waals surface area (Å²) in [5, 5.41) is 3.07. The summed E-state index contributed by atoms with van der Waals surface area (Å²) in [5.74, 6) is 0.895. The highest BCUT2D eigenvalue weighted by molar-refractivity contribution is 5.75. The molecule has 2 fully saturated rings. The molecule has 1 saturated carbocycles. The first-order chi connectivity index (χ1) is 10.7. The van der Waals surface area contributed by atoms with Crippen molar-refractivity contribution < 1.29 is 9.53 Å². The zero-order chi connectivity index (χ0) is 15.5. The van der Waals surface area contributed by atoms with Crippen LogP contribution in [0.3, 0.4) is 0 Å². The van der Waals surface area contributed by atoms with Gasteiger partial charge < -0.3 is 15.0 Å². The van der Waals surface area contributed by atoms with Crippen molar-refractivity contribution in [2.45, 2.75) is 31.8 Å². The van der Waals surface area contributed by atoms with Crippen molar-refractivity contribution in [1.29, 1.82) is 0 Å². The van der Waals surface area contributed by atoms with E-state index in [1.807, 2.05) is 17.0 Å². The lowest BCUT2D eigenvalue weighted by Crippen LogP contribution is -2.52. The van der Waals surface area contributed by atoms with Gasteiger partial charge in [0.2, 0.25) is 0 Å². The molecule has 1 aromatic carbocycles. The number of hydrogen-bond acceptors (Lipinski definition) is 3. The van der Waals surface area contributed by atoms with E-state index in [2.05, 4.69) is 29.3 Å². The van der Waals surface area contributed by atoms with Crippen molar-refractivity contribution in [3.05, 3.63) is 29.8 Å². The van der Waals surface area contributed by atoms with E-state index in [0.29, 0.717) is 12.1 Å². The summed E-state index contributed by atoms with van der Waals surface area (Å²) in [6.45, 7) is 5.64. The van der Waals surface area contributed by atoms with E-state index >= 15 is 0 Å². The van der Waals surface area contributed by atoms with Gasteiger partial charge >= 0.3 is 6.03 Å². The molecular formula is C17H25N3O2. The van der Waals surface area contributed by atoms with Crippen molar-refractivity contribution in [1.82, 2.24) is 15.1 Å². The monoisotopic (exact) mass is 303 g/mol. The van der Waals surface area contributed by atoms with E-state index in [0.717, 1.165) is 44.8 Å². The number of benzene rings is 1. The van der Waals surface area contributed by atoms with Crippen LogP contribution in [0.1, 0.15) is 31.4 Å². The average Bonchev–Trinajstić information content (AvgIpc) is 3.38. The van der Waals surface area contributed by atoms with Gasteiger partial charge in [-0.1, -0.05) is 12.1 Å². The van der Waals surface area contributed by atoms with Gasteiger partial charge in [0.25, 0.3) is 0 Å². The van der Waals surface area contributed by atoms with E-state index in [9.17, 15) is 4.79 Å². The Balaban J connectivity index is 1.54. The lowest BCUT2D eigenvalue weighted by molar-refractivity contribution is 0.113. The zero-order valence-corrected chi connectivity index (χ0v) is 13.4. The van der Waals surface area contributed by atoms with Gasteiger partial charge in [-0.2, -0.15) is 0 Å². The van der Waals surface area contributed by atoms with Crippen LogP contribution in [0.2, 0.25) is 0 Å². The van der Waals surface area contributed by atoms with Gasteiger partial charge in [-0.05, 0) is 37.5 Å². The number of methoxy groups -OCH3 is 1. The molecule has 5 heteroatoms. The fraction of sp³-hybridized carbons (Fsp3) is 0.588. The van der Waals surface area contributed by atoms with Crippen LogP contribution >= 0.6 is 0 Å². The Labute approximate surface area is 132 Å². The fourth-order valence-electron chi connectivity index (χ4n) is 2.92. The molecule has 1 heterocycles. The van der Waals surface area contributed by atoms with Gasteiger partial charge in [0.15, 0.2) is 0 Å². The standard InChI is InChI=1S/C17H25N3O2/c1-13(14-4-3-5-16(12-14)22-2)19-8-10-20(11-9-19)17(21)18-15-6-7-15/h3-5,12-13,15H,6-11H2,1-2H3,(H,18,21). The Bertz CT molecular complexity index is 522. The molecule has 22 heavy (non-hydrogen) atoms. The fourth-order valence-corrected chi connectivity index (χ4v) is 2.92. The molecule has 1 aromatic rings. The van der Waals surface area contributed by atoms with Crippen molar-refractivity contribution in [2.75, 3.05) is 33.3 Å². The number of nitrogens with one attached hydrogen (secondary N) is 1. The molecule has 0 spiro atoms. The minimum atomic E-state index is 0.108. The highest BCUT2D eigenvalue weighted by Gasteiger charge is 2.29. The number of carbonyl (C=O) groups is 1. The molecule has 2 amide bonds. The number of hydrogen-bond donors (Lipinski definition) is 1. The van der Waals surface area contributed by atoms with Gasteiger partial charge in [0, 0.05) is 38.3 Å². The lowest BCUT2D eigenvalue weighted by atomic mass is 10.1. The normalized spacial score (nSPS) is 20.5. The SMILES string of the molecule is COc1cccc(C(C)N2CCN(C(=O)NC3CC3)CC2)c1. The van der Waals surface area contributed by atoms with Gasteiger partial charge in [-0.25, -0.2) is 4.79 Å². The van der Waals surface area contributed by atoms with E-state index in [4.69, 9.17) is 4.74 Å². The molecular weight excluding hydrogens is 278 g/mol. The maximum absolute atomic E-state index is 12.1. The summed E-state index contributed by atoms with van der Waals surface area (Å²) in [7, 11) is 1.70. The van der Waals surface area contributed by atoms with Gasteiger partial charge in [-0.15, -0.1) is 0 Å². The highest BCUT2D eigenvalue weighted by atomic mass is 16.5. The molecule has 1 aliphatic heterocycles. The minimum Gasteiger partial charge on any atom is -0.497 e. The minimum absolute atomic E-state index is 0.108. The summed E-state index contributed by atoms with van der Waals surface area (Å²) in [5.41, 5.74) is 1.26. The molecule has 0 aromatic heterocycles. The van der Waals surface area contributed by atoms with Crippen molar-refractivity contribution in [3.63, 3.8) is 0 Å². The number of ether oxygens (including phenoxy) is 1. The van der Waals surface area contributed by atoms with Crippen LogP contribution in [0.5, 0.6) is 5.75 Å². The lowest BCUT2D eigenvalue weighted by Gasteiger charge is -2.38. The van der Waals surface area contributed by atoms with Crippen LogP contribution in [-0.2, 0) is 0 Å². The predicted molar refractivity (Wildman–Crippen MR) is 86.1 cm³/mol. The van der Waals surface area contributed by atoms with Crippen LogP contribution in [0.15, 0.2) is 24.3 Å². The Morgan fingerprint density at radius 1 is 1.27 bits per heavy atom. The topological polar surface area (TPSA) is 44.8 Å². The van der Waals surface area contributed by atoms with E-state index in [1.54, 1.807) is 7.11 Å². The van der Waals surface area contributed by atoms with Crippen LogP contribution in [-0.4, -0.2) is 55.2 Å². The van der Waals surface area contributed by atoms with Crippen molar-refractivity contribution >= 4 is 6.03 Å². The van der Waals surface area contributed by atoms with Crippen LogP contribution in [0, 0.1) is 0 Å². The number of carbonyl (C=O) groups excluding carboxylic acids is 1. The van der Waals surface area contributed by atoms with Crippen molar-refractivity contribution in [2.24, 2.45) is 0 Å². The molecule has 1 N–H and O–H groups in total. The number of amides is 2. The third kappa shape index (κ3) is 3.53. The molecule has 5 nitrogen and oxygen atoms in total. The molecule has 1 unspecified atom stereocenters. The summed E-state index contributed by atoms with van der Waals surface area (Å²) in [6.07, 6.45) is 2.27. The zero-order valence-electron chi connectivity index (χ0n) is 13.4. The number of piperazine rings is 1. The van der Waals surface area contributed by atoms with Crippen LogP contribution in [0.25, 0.3) is 0 Å². The molecule has 0 bridgehead atoms. The Hall–Kier alpha value is -1.75. The molecule has 3 rings (SSSR count). The van der Waals surface area contributed by atoms with Crippen LogP contribution in [0.4, 0.5) is 4.79 Å². The number of urea groups is 1. The van der Waals surface area contributed by atoms with E-state index < -0.39 is 0 Å². The summed E-state index contributed by atoms with van der Waals surface area (Å²) < 4.78 is 5.30. The first kappa shape index (κ1) is 15.2. The van der Waals surface area contributed by atoms with Crippen molar-refractivity contribution in [3.8, 4) is 5.75 Å². The maximum atomic E-state index is 12.1. The predicted octanol–water partition coefficient (Wildman–Crippen LogP) is 2.25. The first-order valence-corrected chi connectivity index (χ1v) is 8.11. The van der Waals surface area contributed by atoms with Gasteiger partial charge in [0.1, 0.15) is 5.75 Å². The highest BCUT2D eigenvalue weighted by Crippen LogP contribution is 2.25. The van der Waals surface area contributed by atoms with Gasteiger partial charge in [0.05, 0.1) is 7.11 Å². The summed E-state index contributed by atoms with van der Waals surface area (Å²) in [4.78, 5) is 16.4. The summed E-state index contributed by atoms with van der Waals surface area (Å²) in [6, 6.07) is 9.11. The Morgan fingerprint density at radius 3 is 2.64 bits per heavy atom. The molecule has 120 valence electrons. The smallest absolute Gasteiger partial charge is 0.317 e. The molecule has 2 aliphatic rings. The first-order valence-electron chi connectivity index (χ1n) is 8.11. The largest absolute Gasteiger partial charge is 0.497 e. The van der Waals surface area contributed by atoms with Gasteiger partial charge in [-0.3, -0.25) is 4.90 Å². The van der Waals surface area contributed by atoms with Crippen LogP contribution < -0.4 is 10.1 Å².